The van der Waals surface area contributed by atoms with Gasteiger partial charge in [-0.1, -0.05) is 0 Å². The number of rotatable bonds is 4. The summed E-state index contributed by atoms with van der Waals surface area (Å²) in [6, 6.07) is 1.61. The molecule has 0 aliphatic heterocycles. The maximum absolute atomic E-state index is 10.8. The highest BCUT2D eigenvalue weighted by atomic mass is 16.3. The molecule has 0 spiro atoms. The van der Waals surface area contributed by atoms with Gasteiger partial charge in [0, 0.05) is 12.1 Å². The first-order valence-corrected chi connectivity index (χ1v) is 4.12. The minimum Gasteiger partial charge on any atom is -0.472 e. The molecule has 0 bridgehead atoms. The highest BCUT2D eigenvalue weighted by Crippen LogP contribution is 2.06. The number of hydrogen-bond donors (Lipinski definition) is 1. The van der Waals surface area contributed by atoms with Crippen molar-refractivity contribution in [2.75, 3.05) is 7.05 Å². The van der Waals surface area contributed by atoms with Crippen molar-refractivity contribution in [3.63, 3.8) is 0 Å². The second kappa shape index (κ2) is 4.09. The van der Waals surface area contributed by atoms with E-state index in [1.807, 2.05) is 18.0 Å². The number of nitrogens with zero attached hydrogens (tertiary/aromatic N) is 1. The Labute approximate surface area is 77.3 Å². The lowest BCUT2D eigenvalue weighted by Gasteiger charge is -2.20. The lowest BCUT2D eigenvalue weighted by Crippen LogP contribution is -2.39. The Morgan fingerprint density at radius 2 is 2.46 bits per heavy atom. The molecule has 4 heteroatoms. The van der Waals surface area contributed by atoms with Gasteiger partial charge in [0.15, 0.2) is 0 Å². The Kier molecular flexibility index (Phi) is 3.08. The number of carbonyl (C=O) groups excluding carboxylic acids is 1. The van der Waals surface area contributed by atoms with Gasteiger partial charge in [-0.3, -0.25) is 9.69 Å². The van der Waals surface area contributed by atoms with Gasteiger partial charge in [-0.2, -0.15) is 0 Å². The zero-order valence-electron chi connectivity index (χ0n) is 7.86. The Morgan fingerprint density at radius 3 is 2.92 bits per heavy atom. The zero-order chi connectivity index (χ0) is 9.84. The lowest BCUT2D eigenvalue weighted by atomic mass is 10.2. The van der Waals surface area contributed by atoms with Crippen LogP contribution in [0.3, 0.4) is 0 Å². The minimum atomic E-state index is -0.314. The van der Waals surface area contributed by atoms with Crippen LogP contribution in [0, 0.1) is 0 Å². The van der Waals surface area contributed by atoms with E-state index in [-0.39, 0.29) is 11.9 Å². The first-order valence-electron chi connectivity index (χ1n) is 4.12. The molecule has 0 fully saturated rings. The molecule has 72 valence electrons. The summed E-state index contributed by atoms with van der Waals surface area (Å²) in [5.74, 6) is -0.314. The molecule has 0 saturated carbocycles. The smallest absolute Gasteiger partial charge is 0.234 e. The fraction of sp³-hybridized carbons (Fsp3) is 0.444. The molecule has 1 aromatic heterocycles. The molecule has 1 unspecified atom stereocenters. The second-order valence-corrected chi connectivity index (χ2v) is 3.13. The lowest BCUT2D eigenvalue weighted by molar-refractivity contribution is -0.122. The molecule has 0 aromatic carbocycles. The first-order chi connectivity index (χ1) is 6.11. The average Bonchev–Trinajstić information content (AvgIpc) is 2.55. The summed E-state index contributed by atoms with van der Waals surface area (Å²) < 4.78 is 4.91. The maximum Gasteiger partial charge on any atom is 0.234 e. The Hall–Kier alpha value is -1.29. The molecular formula is C9H14N2O2. The largest absolute Gasteiger partial charge is 0.472 e. The highest BCUT2D eigenvalue weighted by molar-refractivity contribution is 5.79. The number of primary amides is 1. The third kappa shape index (κ3) is 2.59. The maximum atomic E-state index is 10.8. The van der Waals surface area contributed by atoms with Crippen LogP contribution < -0.4 is 5.73 Å². The summed E-state index contributed by atoms with van der Waals surface area (Å²) in [5, 5.41) is 0. The first kappa shape index (κ1) is 9.80. The molecule has 1 atom stereocenters. The van der Waals surface area contributed by atoms with Crippen molar-refractivity contribution in [3.8, 4) is 0 Å². The van der Waals surface area contributed by atoms with Crippen LogP contribution in [0.5, 0.6) is 0 Å². The molecule has 1 aromatic rings. The van der Waals surface area contributed by atoms with Crippen molar-refractivity contribution >= 4 is 5.91 Å². The van der Waals surface area contributed by atoms with Crippen LogP contribution >= 0.6 is 0 Å². The van der Waals surface area contributed by atoms with E-state index >= 15 is 0 Å². The number of carbonyl (C=O) groups is 1. The van der Waals surface area contributed by atoms with Crippen LogP contribution in [-0.2, 0) is 11.3 Å². The number of nitrogens with two attached hydrogens (primary N) is 1. The molecule has 1 heterocycles. The van der Waals surface area contributed by atoms with E-state index in [4.69, 9.17) is 10.2 Å². The number of hydrogen-bond acceptors (Lipinski definition) is 3. The fourth-order valence-corrected chi connectivity index (χ4v) is 1.02. The monoisotopic (exact) mass is 182 g/mol. The molecule has 0 aliphatic carbocycles. The van der Waals surface area contributed by atoms with E-state index in [2.05, 4.69) is 0 Å². The van der Waals surface area contributed by atoms with Crippen LogP contribution in [-0.4, -0.2) is 23.9 Å². The van der Waals surface area contributed by atoms with Crippen LogP contribution in [0.25, 0.3) is 0 Å². The summed E-state index contributed by atoms with van der Waals surface area (Å²) in [7, 11) is 1.85. The van der Waals surface area contributed by atoms with Gasteiger partial charge in [-0.15, -0.1) is 0 Å². The van der Waals surface area contributed by atoms with Crippen LogP contribution in [0.15, 0.2) is 23.0 Å². The quantitative estimate of drug-likeness (QED) is 0.741. The van der Waals surface area contributed by atoms with Gasteiger partial charge < -0.3 is 10.2 Å². The van der Waals surface area contributed by atoms with Crippen molar-refractivity contribution in [1.82, 2.24) is 4.90 Å². The summed E-state index contributed by atoms with van der Waals surface area (Å²) in [6.07, 6.45) is 3.27. The van der Waals surface area contributed by atoms with Crippen molar-refractivity contribution in [1.29, 1.82) is 0 Å². The van der Waals surface area contributed by atoms with E-state index in [9.17, 15) is 4.79 Å². The Morgan fingerprint density at radius 1 is 1.77 bits per heavy atom. The van der Waals surface area contributed by atoms with Gasteiger partial charge in [0.2, 0.25) is 5.91 Å². The minimum absolute atomic E-state index is 0.255. The van der Waals surface area contributed by atoms with Gasteiger partial charge in [-0.05, 0) is 20.0 Å². The van der Waals surface area contributed by atoms with Crippen molar-refractivity contribution in [3.05, 3.63) is 24.2 Å². The summed E-state index contributed by atoms with van der Waals surface area (Å²) in [4.78, 5) is 12.7. The summed E-state index contributed by atoms with van der Waals surface area (Å²) >= 11 is 0. The topological polar surface area (TPSA) is 59.5 Å². The normalized spacial score (nSPS) is 13.2. The van der Waals surface area contributed by atoms with Gasteiger partial charge in [0.05, 0.1) is 18.6 Å². The molecule has 1 amide bonds. The predicted octanol–water partition coefficient (Wildman–Crippen LogP) is 0.585. The van der Waals surface area contributed by atoms with Gasteiger partial charge >= 0.3 is 0 Å². The molecule has 2 N–H and O–H groups in total. The van der Waals surface area contributed by atoms with E-state index < -0.39 is 0 Å². The number of amides is 1. The van der Waals surface area contributed by atoms with Crippen molar-refractivity contribution in [2.45, 2.75) is 19.5 Å². The molecule has 1 rings (SSSR count). The van der Waals surface area contributed by atoms with Gasteiger partial charge in [-0.25, -0.2) is 0 Å². The van der Waals surface area contributed by atoms with Crippen LogP contribution in [0.2, 0.25) is 0 Å². The number of furan rings is 1. The van der Waals surface area contributed by atoms with Gasteiger partial charge in [0.25, 0.3) is 0 Å². The average molecular weight is 182 g/mol. The third-order valence-corrected chi connectivity index (χ3v) is 2.08. The van der Waals surface area contributed by atoms with Gasteiger partial charge in [0.1, 0.15) is 0 Å². The second-order valence-electron chi connectivity index (χ2n) is 3.13. The Balaban J connectivity index is 2.50. The van der Waals surface area contributed by atoms with Crippen LogP contribution in [0.4, 0.5) is 0 Å². The highest BCUT2D eigenvalue weighted by Gasteiger charge is 2.14. The Bertz CT molecular complexity index is 269. The molecule has 0 aliphatic rings. The number of likely N-dealkylation sites (N-methyl/N-ethyl adjacent to an activating group) is 1. The molecule has 4 nitrogen and oxygen atoms in total. The SMILES string of the molecule is CC(C(N)=O)N(C)Cc1ccoc1. The zero-order valence-corrected chi connectivity index (χ0v) is 7.86. The van der Waals surface area contributed by atoms with E-state index in [0.29, 0.717) is 6.54 Å². The fourth-order valence-electron chi connectivity index (χ4n) is 1.02. The van der Waals surface area contributed by atoms with E-state index in [1.165, 1.54) is 0 Å². The van der Waals surface area contributed by atoms with Crippen LogP contribution in [0.1, 0.15) is 12.5 Å². The molecular weight excluding hydrogens is 168 g/mol. The predicted molar refractivity (Wildman–Crippen MR) is 48.8 cm³/mol. The van der Waals surface area contributed by atoms with E-state index in [1.54, 1.807) is 19.5 Å². The standard InChI is InChI=1S/C9H14N2O2/c1-7(9(10)12)11(2)5-8-3-4-13-6-8/h3-4,6-7H,5H2,1-2H3,(H2,10,12). The molecule has 13 heavy (non-hydrogen) atoms. The molecule has 0 saturated heterocycles. The molecule has 0 radical (unpaired) electrons. The summed E-state index contributed by atoms with van der Waals surface area (Å²) in [5.41, 5.74) is 6.20. The van der Waals surface area contributed by atoms with Crippen molar-refractivity contribution in [2.24, 2.45) is 5.73 Å². The van der Waals surface area contributed by atoms with E-state index in [0.717, 1.165) is 5.56 Å². The van der Waals surface area contributed by atoms with Crippen molar-refractivity contribution < 1.29 is 9.21 Å². The third-order valence-electron chi connectivity index (χ3n) is 2.08. The summed E-state index contributed by atoms with van der Waals surface area (Å²) in [6.45, 7) is 2.45.